The minimum absolute atomic E-state index is 0.185. The van der Waals surface area contributed by atoms with E-state index in [9.17, 15) is 9.59 Å². The van der Waals surface area contributed by atoms with E-state index < -0.39 is 12.0 Å². The third-order valence-electron chi connectivity index (χ3n) is 5.40. The fourth-order valence-corrected chi connectivity index (χ4v) is 5.22. The first-order chi connectivity index (χ1) is 16.0. The summed E-state index contributed by atoms with van der Waals surface area (Å²) in [5.41, 5.74) is 2.29. The average Bonchev–Trinajstić information content (AvgIpc) is 3.37. The lowest BCUT2D eigenvalue weighted by Crippen LogP contribution is -2.39. The van der Waals surface area contributed by atoms with Crippen molar-refractivity contribution >= 4 is 39.3 Å². The fraction of sp³-hybridized carbons (Fsp3) is 0.208. The number of carbonyl (C=O) groups is 1. The second-order valence-corrected chi connectivity index (χ2v) is 9.39. The standard InChI is InChI=1S/C24H19BrN2O5S/c1-3-30-23(29)20-13(2)26-24-27(21(20)15-5-7-16(25)8-6-15)22(28)19(33-24)11-14-4-9-17-18(10-14)32-12-31-17/h4-11,21H,3,12H2,1-2H3/b19-11-/t21-/m1/s1. The molecule has 0 saturated carbocycles. The van der Waals surface area contributed by atoms with Gasteiger partial charge in [0.1, 0.15) is 0 Å². The molecule has 1 aromatic heterocycles. The molecule has 2 aromatic carbocycles. The summed E-state index contributed by atoms with van der Waals surface area (Å²) >= 11 is 4.73. The number of aromatic nitrogens is 1. The maximum atomic E-state index is 13.6. The van der Waals surface area contributed by atoms with Crippen LogP contribution in [0.5, 0.6) is 11.5 Å². The van der Waals surface area contributed by atoms with Crippen LogP contribution >= 0.6 is 27.3 Å². The summed E-state index contributed by atoms with van der Waals surface area (Å²) in [5, 5.41) is 0. The van der Waals surface area contributed by atoms with Crippen molar-refractivity contribution in [3.63, 3.8) is 0 Å². The zero-order chi connectivity index (χ0) is 23.1. The van der Waals surface area contributed by atoms with Crippen molar-refractivity contribution in [2.24, 2.45) is 4.99 Å². The molecule has 0 radical (unpaired) electrons. The van der Waals surface area contributed by atoms with E-state index in [4.69, 9.17) is 14.2 Å². The van der Waals surface area contributed by atoms with Gasteiger partial charge in [0.05, 0.1) is 28.5 Å². The lowest BCUT2D eigenvalue weighted by molar-refractivity contribution is -0.139. The number of ether oxygens (including phenoxy) is 3. The van der Waals surface area contributed by atoms with Crippen molar-refractivity contribution in [3.8, 4) is 11.5 Å². The van der Waals surface area contributed by atoms with Crippen molar-refractivity contribution in [1.82, 2.24) is 4.57 Å². The van der Waals surface area contributed by atoms with Crippen LogP contribution in [-0.4, -0.2) is 23.9 Å². The second kappa shape index (κ2) is 8.64. The monoisotopic (exact) mass is 526 g/mol. The SMILES string of the molecule is CCOC(=O)C1=C(C)N=c2s/c(=C\c3ccc4c(c3)OCO4)c(=O)n2[C@@H]1c1ccc(Br)cc1. The highest BCUT2D eigenvalue weighted by molar-refractivity contribution is 9.10. The minimum atomic E-state index is -0.632. The number of allylic oxidation sites excluding steroid dienone is 1. The number of carbonyl (C=O) groups excluding carboxylic acids is 1. The van der Waals surface area contributed by atoms with Crippen LogP contribution in [0.15, 0.2) is 68.0 Å². The van der Waals surface area contributed by atoms with Crippen molar-refractivity contribution < 1.29 is 19.0 Å². The molecule has 168 valence electrons. The maximum Gasteiger partial charge on any atom is 0.338 e. The summed E-state index contributed by atoms with van der Waals surface area (Å²) in [6.45, 7) is 3.94. The number of halogens is 1. The minimum Gasteiger partial charge on any atom is -0.463 e. The summed E-state index contributed by atoms with van der Waals surface area (Å²) in [6, 6.07) is 12.4. The van der Waals surface area contributed by atoms with E-state index in [0.717, 1.165) is 15.6 Å². The highest BCUT2D eigenvalue weighted by Gasteiger charge is 2.33. The molecule has 0 unspecified atom stereocenters. The Bertz CT molecular complexity index is 1470. The van der Waals surface area contributed by atoms with Crippen LogP contribution in [0, 0.1) is 0 Å². The first kappa shape index (κ1) is 21.7. The molecule has 0 amide bonds. The molecule has 5 rings (SSSR count). The van der Waals surface area contributed by atoms with Crippen LogP contribution in [0.1, 0.15) is 31.0 Å². The largest absolute Gasteiger partial charge is 0.463 e. The van der Waals surface area contributed by atoms with Crippen LogP contribution in [0.4, 0.5) is 0 Å². The van der Waals surface area contributed by atoms with E-state index in [2.05, 4.69) is 20.9 Å². The predicted molar refractivity (Wildman–Crippen MR) is 127 cm³/mol. The molecular weight excluding hydrogens is 508 g/mol. The summed E-state index contributed by atoms with van der Waals surface area (Å²) in [4.78, 5) is 31.6. The van der Waals surface area contributed by atoms with Crippen molar-refractivity contribution in [3.05, 3.63) is 89.0 Å². The molecule has 7 nitrogen and oxygen atoms in total. The third kappa shape index (κ3) is 3.91. The van der Waals surface area contributed by atoms with E-state index in [1.165, 1.54) is 11.3 Å². The molecule has 0 saturated heterocycles. The molecule has 3 heterocycles. The number of esters is 1. The zero-order valence-corrected chi connectivity index (χ0v) is 20.2. The third-order valence-corrected chi connectivity index (χ3v) is 6.91. The van der Waals surface area contributed by atoms with Gasteiger partial charge in [-0.1, -0.05) is 45.5 Å². The van der Waals surface area contributed by atoms with Gasteiger partial charge in [-0.15, -0.1) is 0 Å². The van der Waals surface area contributed by atoms with Gasteiger partial charge < -0.3 is 14.2 Å². The molecule has 0 bridgehead atoms. The Balaban J connectivity index is 1.69. The number of hydrogen-bond donors (Lipinski definition) is 0. The van der Waals surface area contributed by atoms with Gasteiger partial charge in [0.25, 0.3) is 5.56 Å². The Morgan fingerprint density at radius 3 is 2.76 bits per heavy atom. The van der Waals surface area contributed by atoms with Gasteiger partial charge in [-0.25, -0.2) is 9.79 Å². The number of benzene rings is 2. The molecule has 0 fully saturated rings. The highest BCUT2D eigenvalue weighted by atomic mass is 79.9. The molecule has 0 aliphatic carbocycles. The maximum absolute atomic E-state index is 13.6. The Kier molecular flexibility index (Phi) is 5.67. The Labute approximate surface area is 201 Å². The van der Waals surface area contributed by atoms with Crippen molar-refractivity contribution in [2.75, 3.05) is 13.4 Å². The first-order valence-electron chi connectivity index (χ1n) is 10.3. The molecule has 0 N–H and O–H groups in total. The summed E-state index contributed by atoms with van der Waals surface area (Å²) < 4.78 is 19.1. The highest BCUT2D eigenvalue weighted by Crippen LogP contribution is 2.33. The molecule has 0 spiro atoms. The topological polar surface area (TPSA) is 79.1 Å². The number of fused-ring (bicyclic) bond motifs is 2. The van der Waals surface area contributed by atoms with Crippen LogP contribution in [0.3, 0.4) is 0 Å². The summed E-state index contributed by atoms with van der Waals surface area (Å²) in [6.07, 6.45) is 1.80. The van der Waals surface area contributed by atoms with Crippen LogP contribution in [-0.2, 0) is 9.53 Å². The van der Waals surface area contributed by atoms with Gasteiger partial charge in [-0.3, -0.25) is 9.36 Å². The number of nitrogens with zero attached hydrogens (tertiary/aromatic N) is 2. The van der Waals surface area contributed by atoms with E-state index in [0.29, 0.717) is 32.1 Å². The Hall–Kier alpha value is -3.17. The van der Waals surface area contributed by atoms with Crippen molar-refractivity contribution in [2.45, 2.75) is 19.9 Å². The quantitative estimate of drug-likeness (QED) is 0.487. The van der Waals surface area contributed by atoms with E-state index >= 15 is 0 Å². The lowest BCUT2D eigenvalue weighted by Gasteiger charge is -2.24. The number of rotatable bonds is 4. The average molecular weight is 527 g/mol. The van der Waals surface area contributed by atoms with Gasteiger partial charge in [0.2, 0.25) is 6.79 Å². The molecule has 9 heteroatoms. The Morgan fingerprint density at radius 1 is 1.24 bits per heavy atom. The fourth-order valence-electron chi connectivity index (χ4n) is 3.91. The molecule has 1 atom stereocenters. The summed E-state index contributed by atoms with van der Waals surface area (Å²) in [5.74, 6) is 0.847. The molecular formula is C24H19BrN2O5S. The van der Waals surface area contributed by atoms with E-state index in [1.54, 1.807) is 24.5 Å². The normalized spacial score (nSPS) is 17.1. The summed E-state index contributed by atoms with van der Waals surface area (Å²) in [7, 11) is 0. The smallest absolute Gasteiger partial charge is 0.338 e. The van der Waals surface area contributed by atoms with Gasteiger partial charge >= 0.3 is 5.97 Å². The number of thiazole rings is 1. The van der Waals surface area contributed by atoms with Gasteiger partial charge in [-0.05, 0) is 55.3 Å². The second-order valence-electron chi connectivity index (χ2n) is 7.47. The predicted octanol–water partition coefficient (Wildman–Crippen LogP) is 3.29. The molecule has 3 aromatic rings. The van der Waals surface area contributed by atoms with Crippen LogP contribution in [0.2, 0.25) is 0 Å². The van der Waals surface area contributed by atoms with Gasteiger partial charge in [0, 0.05) is 4.47 Å². The van der Waals surface area contributed by atoms with E-state index in [-0.39, 0.29) is 19.0 Å². The molecule has 2 aliphatic heterocycles. The first-order valence-corrected chi connectivity index (χ1v) is 11.9. The Morgan fingerprint density at radius 2 is 2.00 bits per heavy atom. The van der Waals surface area contributed by atoms with Crippen LogP contribution in [0.25, 0.3) is 6.08 Å². The van der Waals surface area contributed by atoms with Crippen LogP contribution < -0.4 is 24.4 Å². The van der Waals surface area contributed by atoms with E-state index in [1.807, 2.05) is 42.5 Å². The number of hydrogen-bond acceptors (Lipinski definition) is 7. The lowest BCUT2D eigenvalue weighted by atomic mass is 9.96. The van der Waals surface area contributed by atoms with Gasteiger partial charge in [-0.2, -0.15) is 0 Å². The molecule has 2 aliphatic rings. The van der Waals surface area contributed by atoms with Gasteiger partial charge in [0.15, 0.2) is 16.3 Å². The van der Waals surface area contributed by atoms with Crippen molar-refractivity contribution in [1.29, 1.82) is 0 Å². The molecule has 33 heavy (non-hydrogen) atoms. The zero-order valence-electron chi connectivity index (χ0n) is 17.8.